The number of rotatable bonds is 2. The highest BCUT2D eigenvalue weighted by Crippen LogP contribution is 1.95. The van der Waals surface area contributed by atoms with Crippen molar-refractivity contribution in [1.82, 2.24) is 5.32 Å². The standard InChI is InChI=1S/C12H11NO3/c1-9(14)13-11(12(15)16)8-7-10-5-3-2-4-6-10/h2-6,11H,1H3,(H,13,14)(H,15,16). The number of aliphatic carboxylic acids is 1. The average Bonchev–Trinajstić information content (AvgIpc) is 2.25. The van der Waals surface area contributed by atoms with Crippen LogP contribution in [-0.2, 0) is 9.59 Å². The molecule has 0 bridgehead atoms. The Bertz CT molecular complexity index is 442. The summed E-state index contributed by atoms with van der Waals surface area (Å²) < 4.78 is 0. The Morgan fingerprint density at radius 2 is 1.94 bits per heavy atom. The van der Waals surface area contributed by atoms with Gasteiger partial charge in [-0.1, -0.05) is 30.0 Å². The number of carbonyl (C=O) groups excluding carboxylic acids is 1. The van der Waals surface area contributed by atoms with Crippen molar-refractivity contribution < 1.29 is 14.7 Å². The van der Waals surface area contributed by atoms with Crippen LogP contribution in [0.1, 0.15) is 12.5 Å². The Balaban J connectivity index is 2.80. The van der Waals surface area contributed by atoms with E-state index in [1.807, 2.05) is 6.07 Å². The summed E-state index contributed by atoms with van der Waals surface area (Å²) in [4.78, 5) is 21.5. The van der Waals surface area contributed by atoms with E-state index < -0.39 is 17.9 Å². The summed E-state index contributed by atoms with van der Waals surface area (Å²) in [6.07, 6.45) is 0. The summed E-state index contributed by atoms with van der Waals surface area (Å²) in [5.41, 5.74) is 0.708. The van der Waals surface area contributed by atoms with Crippen LogP contribution in [0.4, 0.5) is 0 Å². The molecule has 82 valence electrons. The molecular formula is C12H11NO3. The van der Waals surface area contributed by atoms with E-state index in [2.05, 4.69) is 17.2 Å². The minimum Gasteiger partial charge on any atom is -0.479 e. The molecule has 4 heteroatoms. The smallest absolute Gasteiger partial charge is 0.338 e. The molecule has 0 heterocycles. The highest BCUT2D eigenvalue weighted by molar-refractivity contribution is 5.84. The highest BCUT2D eigenvalue weighted by atomic mass is 16.4. The van der Waals surface area contributed by atoms with Crippen molar-refractivity contribution >= 4 is 11.9 Å². The van der Waals surface area contributed by atoms with Gasteiger partial charge in [0.05, 0.1) is 0 Å². The van der Waals surface area contributed by atoms with Crippen LogP contribution in [0.5, 0.6) is 0 Å². The van der Waals surface area contributed by atoms with Crippen LogP contribution in [0.15, 0.2) is 30.3 Å². The van der Waals surface area contributed by atoms with E-state index in [9.17, 15) is 9.59 Å². The van der Waals surface area contributed by atoms with Crippen molar-refractivity contribution in [3.8, 4) is 11.8 Å². The van der Waals surface area contributed by atoms with Crippen molar-refractivity contribution in [1.29, 1.82) is 0 Å². The van der Waals surface area contributed by atoms with Gasteiger partial charge in [0.15, 0.2) is 6.04 Å². The van der Waals surface area contributed by atoms with Gasteiger partial charge in [0.2, 0.25) is 5.91 Å². The first-order valence-electron chi connectivity index (χ1n) is 4.66. The average molecular weight is 217 g/mol. The fourth-order valence-electron chi connectivity index (χ4n) is 1.04. The first-order valence-corrected chi connectivity index (χ1v) is 4.66. The van der Waals surface area contributed by atoms with Crippen LogP contribution in [0.3, 0.4) is 0 Å². The summed E-state index contributed by atoms with van der Waals surface area (Å²) in [6, 6.07) is 7.81. The van der Waals surface area contributed by atoms with E-state index in [4.69, 9.17) is 5.11 Å². The van der Waals surface area contributed by atoms with E-state index in [-0.39, 0.29) is 0 Å². The van der Waals surface area contributed by atoms with Gasteiger partial charge in [-0.2, -0.15) is 0 Å². The zero-order valence-corrected chi connectivity index (χ0v) is 8.73. The number of benzene rings is 1. The Kier molecular flexibility index (Phi) is 4.10. The molecule has 16 heavy (non-hydrogen) atoms. The van der Waals surface area contributed by atoms with Crippen LogP contribution in [0, 0.1) is 11.8 Å². The minimum absolute atomic E-state index is 0.422. The molecule has 0 spiro atoms. The van der Waals surface area contributed by atoms with E-state index in [1.54, 1.807) is 24.3 Å². The summed E-state index contributed by atoms with van der Waals surface area (Å²) in [7, 11) is 0. The molecule has 2 N–H and O–H groups in total. The third-order valence-electron chi connectivity index (χ3n) is 1.73. The van der Waals surface area contributed by atoms with Gasteiger partial charge in [-0.25, -0.2) is 4.79 Å². The number of nitrogens with one attached hydrogen (secondary N) is 1. The Morgan fingerprint density at radius 3 is 2.44 bits per heavy atom. The van der Waals surface area contributed by atoms with E-state index in [0.29, 0.717) is 5.56 Å². The number of hydrogen-bond acceptors (Lipinski definition) is 2. The van der Waals surface area contributed by atoms with Crippen molar-refractivity contribution in [3.05, 3.63) is 35.9 Å². The lowest BCUT2D eigenvalue weighted by molar-refractivity contribution is -0.139. The summed E-state index contributed by atoms with van der Waals surface area (Å²) in [5.74, 6) is 3.58. The number of carbonyl (C=O) groups is 2. The first-order chi connectivity index (χ1) is 7.59. The third-order valence-corrected chi connectivity index (χ3v) is 1.73. The largest absolute Gasteiger partial charge is 0.479 e. The predicted octanol–water partition coefficient (Wildman–Crippen LogP) is 0.627. The van der Waals surface area contributed by atoms with Gasteiger partial charge >= 0.3 is 5.97 Å². The van der Waals surface area contributed by atoms with Gasteiger partial charge in [-0.05, 0) is 12.1 Å². The van der Waals surface area contributed by atoms with E-state index in [1.165, 1.54) is 6.92 Å². The SMILES string of the molecule is CC(=O)NC(C#Cc1ccccc1)C(=O)O. The molecule has 1 aromatic rings. The second-order valence-electron chi connectivity index (χ2n) is 3.11. The minimum atomic E-state index is -1.17. The molecule has 0 fully saturated rings. The number of amides is 1. The van der Waals surface area contributed by atoms with Gasteiger partial charge in [-0.15, -0.1) is 0 Å². The maximum absolute atomic E-state index is 10.7. The third kappa shape index (κ3) is 3.84. The fourth-order valence-corrected chi connectivity index (χ4v) is 1.04. The predicted molar refractivity (Wildman–Crippen MR) is 58.6 cm³/mol. The summed E-state index contributed by atoms with van der Waals surface area (Å²) in [6.45, 7) is 1.25. The maximum Gasteiger partial charge on any atom is 0.338 e. The molecule has 0 saturated carbocycles. The second kappa shape index (κ2) is 5.56. The topological polar surface area (TPSA) is 66.4 Å². The second-order valence-corrected chi connectivity index (χ2v) is 3.11. The van der Waals surface area contributed by atoms with Crippen molar-refractivity contribution in [2.75, 3.05) is 0 Å². The lowest BCUT2D eigenvalue weighted by atomic mass is 10.2. The Labute approximate surface area is 93.3 Å². The van der Waals surface area contributed by atoms with Crippen LogP contribution in [0.25, 0.3) is 0 Å². The molecule has 0 radical (unpaired) electrons. The van der Waals surface area contributed by atoms with Crippen molar-refractivity contribution in [2.45, 2.75) is 13.0 Å². The molecule has 4 nitrogen and oxygen atoms in total. The van der Waals surface area contributed by atoms with E-state index in [0.717, 1.165) is 0 Å². The van der Waals surface area contributed by atoms with Crippen LogP contribution in [0.2, 0.25) is 0 Å². The lowest BCUT2D eigenvalue weighted by Gasteiger charge is -2.04. The van der Waals surface area contributed by atoms with Crippen LogP contribution < -0.4 is 5.32 Å². The molecule has 0 aliphatic carbocycles. The Morgan fingerprint density at radius 1 is 1.31 bits per heavy atom. The van der Waals surface area contributed by atoms with Gasteiger partial charge in [0.25, 0.3) is 0 Å². The zero-order valence-electron chi connectivity index (χ0n) is 8.73. The molecule has 1 rings (SSSR count). The molecule has 0 saturated heterocycles. The first kappa shape index (κ1) is 11.8. The van der Waals surface area contributed by atoms with Gasteiger partial charge in [0, 0.05) is 12.5 Å². The fraction of sp³-hybridized carbons (Fsp3) is 0.167. The number of carboxylic acid groups (broad SMARTS) is 1. The van der Waals surface area contributed by atoms with Gasteiger partial charge < -0.3 is 10.4 Å². The number of carboxylic acids is 1. The lowest BCUT2D eigenvalue weighted by Crippen LogP contribution is -2.38. The summed E-state index contributed by atoms with van der Waals surface area (Å²) in [5, 5.41) is 11.0. The maximum atomic E-state index is 10.7. The van der Waals surface area contributed by atoms with Crippen LogP contribution >= 0.6 is 0 Å². The molecular weight excluding hydrogens is 206 g/mol. The highest BCUT2D eigenvalue weighted by Gasteiger charge is 2.14. The van der Waals surface area contributed by atoms with Gasteiger partial charge in [0.1, 0.15) is 0 Å². The Hall–Kier alpha value is -2.28. The molecule has 0 aliphatic rings. The zero-order chi connectivity index (χ0) is 12.0. The normalized spacial score (nSPS) is 10.8. The summed E-state index contributed by atoms with van der Waals surface area (Å²) >= 11 is 0. The van der Waals surface area contributed by atoms with Gasteiger partial charge in [-0.3, -0.25) is 4.79 Å². The molecule has 1 unspecified atom stereocenters. The van der Waals surface area contributed by atoms with E-state index >= 15 is 0 Å². The molecule has 1 aromatic carbocycles. The van der Waals surface area contributed by atoms with Crippen LogP contribution in [-0.4, -0.2) is 23.0 Å². The quantitative estimate of drug-likeness (QED) is 0.714. The monoisotopic (exact) mass is 217 g/mol. The number of hydrogen-bond donors (Lipinski definition) is 2. The molecule has 0 aromatic heterocycles. The molecule has 1 atom stereocenters. The molecule has 0 aliphatic heterocycles. The molecule has 1 amide bonds. The van der Waals surface area contributed by atoms with Crippen molar-refractivity contribution in [3.63, 3.8) is 0 Å². The van der Waals surface area contributed by atoms with Crippen molar-refractivity contribution in [2.24, 2.45) is 0 Å².